The number of halogens is 1. The molecule has 1 atom stereocenters. The Morgan fingerprint density at radius 2 is 1.85 bits per heavy atom. The Bertz CT molecular complexity index is 741. The molecule has 1 aromatic rings. The topological polar surface area (TPSA) is 118 Å². The number of hydrogen-bond donors (Lipinski definition) is 2. The Balaban J connectivity index is 3.26. The molecule has 20 heavy (non-hydrogen) atoms. The molecule has 0 aromatic heterocycles. The summed E-state index contributed by atoms with van der Waals surface area (Å²) in [7, 11) is -8.03. The Morgan fingerprint density at radius 3 is 2.30 bits per heavy atom. The first-order valence-electron chi connectivity index (χ1n) is 5.19. The Labute approximate surface area is 115 Å². The molecule has 7 nitrogen and oxygen atoms in total. The van der Waals surface area contributed by atoms with Crippen molar-refractivity contribution in [2.24, 2.45) is 0 Å². The van der Waals surface area contributed by atoms with Crippen molar-refractivity contribution in [3.63, 3.8) is 0 Å². The maximum atomic E-state index is 13.5. The molecule has 0 fully saturated rings. The number of aliphatic carboxylic acids is 1. The van der Waals surface area contributed by atoms with Gasteiger partial charge in [-0.15, -0.1) is 0 Å². The van der Waals surface area contributed by atoms with Gasteiger partial charge in [-0.2, -0.15) is 0 Å². The summed E-state index contributed by atoms with van der Waals surface area (Å²) in [6.45, 7) is 0.906. The lowest BCUT2D eigenvalue weighted by molar-refractivity contribution is -0.136. The second kappa shape index (κ2) is 5.37. The van der Waals surface area contributed by atoms with Crippen molar-refractivity contribution < 1.29 is 31.1 Å². The molecule has 112 valence electrons. The summed E-state index contributed by atoms with van der Waals surface area (Å²) >= 11 is 0. The van der Waals surface area contributed by atoms with Gasteiger partial charge in [0.05, 0.1) is 10.6 Å². The molecule has 0 radical (unpaired) electrons. The minimum atomic E-state index is -4.38. The molecule has 0 amide bonds. The average Bonchev–Trinajstić information content (AvgIpc) is 2.29. The van der Waals surface area contributed by atoms with E-state index in [1.165, 1.54) is 0 Å². The smallest absolute Gasteiger partial charge is 0.323 e. The number of anilines is 1. The molecular formula is C10H12FNO6S2. The molecule has 0 bridgehead atoms. The predicted molar refractivity (Wildman–Crippen MR) is 69.2 cm³/mol. The Hall–Kier alpha value is -1.68. The zero-order valence-electron chi connectivity index (χ0n) is 10.5. The van der Waals surface area contributed by atoms with Crippen molar-refractivity contribution in [2.75, 3.05) is 11.0 Å². The first-order valence-corrected chi connectivity index (χ1v) is 8.63. The molecule has 0 saturated heterocycles. The van der Waals surface area contributed by atoms with Crippen LogP contribution < -0.4 is 4.72 Å². The Morgan fingerprint density at radius 1 is 1.30 bits per heavy atom. The minimum Gasteiger partial charge on any atom is -0.480 e. The standard InChI is InChI=1S/C10H12FNO6S2/c1-6(10(13)14)20(17,18)12-9-5-7(19(2,15)16)3-4-8(9)11/h3-6,12H,1-2H3,(H,13,14). The summed E-state index contributed by atoms with van der Waals surface area (Å²) in [5, 5.41) is 6.82. The van der Waals surface area contributed by atoms with E-state index in [2.05, 4.69) is 0 Å². The maximum absolute atomic E-state index is 13.5. The highest BCUT2D eigenvalue weighted by molar-refractivity contribution is 7.94. The van der Waals surface area contributed by atoms with Crippen LogP contribution in [-0.2, 0) is 24.7 Å². The quantitative estimate of drug-likeness (QED) is 0.759. The molecule has 1 unspecified atom stereocenters. The highest BCUT2D eigenvalue weighted by Gasteiger charge is 2.28. The van der Waals surface area contributed by atoms with Gasteiger partial charge in [-0.3, -0.25) is 9.52 Å². The van der Waals surface area contributed by atoms with Crippen LogP contribution in [0.5, 0.6) is 0 Å². The molecule has 1 rings (SSSR count). The van der Waals surface area contributed by atoms with Crippen molar-refractivity contribution in [3.05, 3.63) is 24.0 Å². The largest absolute Gasteiger partial charge is 0.480 e. The van der Waals surface area contributed by atoms with Crippen LogP contribution in [0, 0.1) is 5.82 Å². The van der Waals surface area contributed by atoms with Gasteiger partial charge in [0, 0.05) is 6.26 Å². The van der Waals surface area contributed by atoms with Crippen molar-refractivity contribution >= 4 is 31.5 Å². The fourth-order valence-electron chi connectivity index (χ4n) is 1.19. The lowest BCUT2D eigenvalue weighted by atomic mass is 10.3. The van der Waals surface area contributed by atoms with Gasteiger partial charge < -0.3 is 5.11 Å². The molecule has 0 saturated carbocycles. The molecule has 1 aromatic carbocycles. The SMILES string of the molecule is CC(C(=O)O)S(=O)(=O)Nc1cc(S(C)(=O)=O)ccc1F. The van der Waals surface area contributed by atoms with E-state index in [4.69, 9.17) is 5.11 Å². The third kappa shape index (κ3) is 3.67. The van der Waals surface area contributed by atoms with Crippen LogP contribution in [0.2, 0.25) is 0 Å². The van der Waals surface area contributed by atoms with Gasteiger partial charge >= 0.3 is 5.97 Å². The highest BCUT2D eigenvalue weighted by Crippen LogP contribution is 2.21. The fourth-order valence-corrected chi connectivity index (χ4v) is 2.74. The fraction of sp³-hybridized carbons (Fsp3) is 0.300. The van der Waals surface area contributed by atoms with Crippen LogP contribution in [0.3, 0.4) is 0 Å². The molecule has 2 N–H and O–H groups in total. The van der Waals surface area contributed by atoms with Gasteiger partial charge in [0.1, 0.15) is 5.82 Å². The van der Waals surface area contributed by atoms with Gasteiger partial charge in [0.2, 0.25) is 10.0 Å². The molecule has 10 heteroatoms. The summed E-state index contributed by atoms with van der Waals surface area (Å²) in [5.41, 5.74) is -0.624. The summed E-state index contributed by atoms with van der Waals surface area (Å²) in [4.78, 5) is 10.3. The van der Waals surface area contributed by atoms with Gasteiger partial charge in [0.15, 0.2) is 15.1 Å². The monoisotopic (exact) mass is 325 g/mol. The zero-order chi connectivity index (χ0) is 15.7. The van der Waals surface area contributed by atoms with Crippen LogP contribution in [0.4, 0.5) is 10.1 Å². The summed E-state index contributed by atoms with van der Waals surface area (Å²) in [6, 6.07) is 2.54. The number of carbonyl (C=O) groups is 1. The van der Waals surface area contributed by atoms with E-state index in [1.807, 2.05) is 0 Å². The van der Waals surface area contributed by atoms with Crippen LogP contribution >= 0.6 is 0 Å². The van der Waals surface area contributed by atoms with E-state index in [9.17, 15) is 26.0 Å². The van der Waals surface area contributed by atoms with Gasteiger partial charge in [-0.25, -0.2) is 21.2 Å². The number of benzene rings is 1. The number of hydrogen-bond acceptors (Lipinski definition) is 5. The zero-order valence-corrected chi connectivity index (χ0v) is 12.1. The number of nitrogens with one attached hydrogen (secondary N) is 1. The molecule has 0 spiro atoms. The molecule has 0 heterocycles. The van der Waals surface area contributed by atoms with Crippen molar-refractivity contribution in [2.45, 2.75) is 17.1 Å². The van der Waals surface area contributed by atoms with Crippen molar-refractivity contribution in [3.8, 4) is 0 Å². The van der Waals surface area contributed by atoms with E-state index in [-0.39, 0.29) is 4.90 Å². The van der Waals surface area contributed by atoms with E-state index in [0.717, 1.165) is 31.4 Å². The minimum absolute atomic E-state index is 0.292. The third-order valence-corrected chi connectivity index (χ3v) is 5.18. The predicted octanol–water partition coefficient (Wildman–Crippen LogP) is 0.444. The summed E-state index contributed by atoms with van der Waals surface area (Å²) in [5.74, 6) is -2.63. The van der Waals surface area contributed by atoms with Gasteiger partial charge in [-0.05, 0) is 25.1 Å². The maximum Gasteiger partial charge on any atom is 0.323 e. The second-order valence-corrected chi connectivity index (χ2v) is 8.06. The normalized spacial score (nSPS) is 13.8. The summed E-state index contributed by atoms with van der Waals surface area (Å²) < 4.78 is 61.1. The average molecular weight is 325 g/mol. The second-order valence-electron chi connectivity index (χ2n) is 4.04. The Kier molecular flexibility index (Phi) is 4.39. The molecular weight excluding hydrogens is 313 g/mol. The van der Waals surface area contributed by atoms with Gasteiger partial charge in [0.25, 0.3) is 0 Å². The first kappa shape index (κ1) is 16.4. The van der Waals surface area contributed by atoms with E-state index >= 15 is 0 Å². The van der Waals surface area contributed by atoms with E-state index in [0.29, 0.717) is 0 Å². The third-order valence-electron chi connectivity index (χ3n) is 2.43. The van der Waals surface area contributed by atoms with Crippen LogP contribution in [0.1, 0.15) is 6.92 Å². The van der Waals surface area contributed by atoms with Crippen molar-refractivity contribution in [1.29, 1.82) is 0 Å². The number of carboxylic acids is 1. The highest BCUT2D eigenvalue weighted by atomic mass is 32.2. The van der Waals surface area contributed by atoms with Crippen LogP contribution in [0.25, 0.3) is 0 Å². The van der Waals surface area contributed by atoms with Gasteiger partial charge in [-0.1, -0.05) is 0 Å². The molecule has 0 aliphatic heterocycles. The number of rotatable bonds is 5. The van der Waals surface area contributed by atoms with E-state index < -0.39 is 42.6 Å². The lowest BCUT2D eigenvalue weighted by Gasteiger charge is -2.12. The number of sulfone groups is 1. The number of sulfonamides is 1. The van der Waals surface area contributed by atoms with Crippen LogP contribution in [-0.4, -0.2) is 39.4 Å². The first-order chi connectivity index (χ1) is 8.95. The summed E-state index contributed by atoms with van der Waals surface area (Å²) in [6.07, 6.45) is 0.873. The van der Waals surface area contributed by atoms with Crippen LogP contribution in [0.15, 0.2) is 23.1 Å². The number of carboxylic acid groups (broad SMARTS) is 1. The molecule has 0 aliphatic carbocycles. The van der Waals surface area contributed by atoms with E-state index in [1.54, 1.807) is 4.72 Å². The lowest BCUT2D eigenvalue weighted by Crippen LogP contribution is -2.32. The molecule has 0 aliphatic rings. The van der Waals surface area contributed by atoms with Crippen molar-refractivity contribution in [1.82, 2.24) is 0 Å².